The zero-order valence-electron chi connectivity index (χ0n) is 7.41. The molecule has 68 valence electrons. The maximum absolute atomic E-state index is 5.94. The van der Waals surface area contributed by atoms with Crippen LogP contribution >= 0.6 is 11.8 Å². The van der Waals surface area contributed by atoms with E-state index in [-0.39, 0.29) is 0 Å². The molecule has 0 bridgehead atoms. The van der Waals surface area contributed by atoms with Gasteiger partial charge in [0.05, 0.1) is 0 Å². The Morgan fingerprint density at radius 2 is 1.92 bits per heavy atom. The standard InChI is InChI=1S/C9H15ClN2/c1-8-11(6-7-12(8)10)9-4-2-3-5-9/h6-9H,2-5H2,1H3. The van der Waals surface area contributed by atoms with E-state index in [0.717, 1.165) is 6.04 Å². The van der Waals surface area contributed by atoms with E-state index in [1.165, 1.54) is 25.7 Å². The van der Waals surface area contributed by atoms with E-state index in [4.69, 9.17) is 11.8 Å². The molecule has 12 heavy (non-hydrogen) atoms. The summed E-state index contributed by atoms with van der Waals surface area (Å²) in [5.41, 5.74) is 0. The van der Waals surface area contributed by atoms with Crippen molar-refractivity contribution in [3.05, 3.63) is 12.4 Å². The third-order valence-corrected chi connectivity index (χ3v) is 3.31. The number of hydrogen-bond acceptors (Lipinski definition) is 2. The lowest BCUT2D eigenvalue weighted by molar-refractivity contribution is 0.180. The molecule has 0 amide bonds. The summed E-state index contributed by atoms with van der Waals surface area (Å²) in [5, 5.41) is 0. The second-order valence-electron chi connectivity index (χ2n) is 3.66. The number of halogens is 1. The second kappa shape index (κ2) is 3.17. The van der Waals surface area contributed by atoms with Crippen molar-refractivity contribution in [3.8, 4) is 0 Å². The van der Waals surface area contributed by atoms with Gasteiger partial charge >= 0.3 is 0 Å². The van der Waals surface area contributed by atoms with Crippen LogP contribution in [0.4, 0.5) is 0 Å². The van der Waals surface area contributed by atoms with Crippen LogP contribution in [0.25, 0.3) is 0 Å². The van der Waals surface area contributed by atoms with Gasteiger partial charge in [0, 0.05) is 30.2 Å². The molecular weight excluding hydrogens is 172 g/mol. The summed E-state index contributed by atoms with van der Waals surface area (Å²) in [6, 6.07) is 0.736. The topological polar surface area (TPSA) is 6.48 Å². The minimum atomic E-state index is 0.342. The van der Waals surface area contributed by atoms with E-state index < -0.39 is 0 Å². The van der Waals surface area contributed by atoms with Gasteiger partial charge in [0.2, 0.25) is 0 Å². The van der Waals surface area contributed by atoms with E-state index in [9.17, 15) is 0 Å². The fourth-order valence-corrected chi connectivity index (χ4v) is 2.30. The Morgan fingerprint density at radius 3 is 2.42 bits per heavy atom. The molecule has 0 saturated heterocycles. The van der Waals surface area contributed by atoms with Gasteiger partial charge in [-0.3, -0.25) is 4.42 Å². The molecule has 2 rings (SSSR count). The molecule has 0 aromatic rings. The van der Waals surface area contributed by atoms with E-state index >= 15 is 0 Å². The normalized spacial score (nSPS) is 30.7. The number of hydrogen-bond donors (Lipinski definition) is 0. The maximum Gasteiger partial charge on any atom is 0.113 e. The van der Waals surface area contributed by atoms with Crippen LogP contribution in [-0.4, -0.2) is 21.5 Å². The predicted molar refractivity (Wildman–Crippen MR) is 50.4 cm³/mol. The monoisotopic (exact) mass is 186 g/mol. The molecule has 0 radical (unpaired) electrons. The molecule has 1 heterocycles. The first-order valence-corrected chi connectivity index (χ1v) is 5.03. The summed E-state index contributed by atoms with van der Waals surface area (Å²) in [6.07, 6.45) is 9.83. The average molecular weight is 187 g/mol. The molecule has 1 aliphatic carbocycles. The highest BCUT2D eigenvalue weighted by molar-refractivity contribution is 6.14. The molecule has 0 N–H and O–H groups in total. The second-order valence-corrected chi connectivity index (χ2v) is 4.05. The molecule has 1 saturated carbocycles. The molecule has 0 aromatic heterocycles. The molecule has 3 heteroatoms. The molecule has 0 spiro atoms. The zero-order chi connectivity index (χ0) is 8.55. The minimum absolute atomic E-state index is 0.342. The molecule has 1 atom stereocenters. The molecule has 1 unspecified atom stereocenters. The number of rotatable bonds is 1. The van der Waals surface area contributed by atoms with Crippen LogP contribution in [0, 0.1) is 0 Å². The highest BCUT2D eigenvalue weighted by atomic mass is 35.5. The first kappa shape index (κ1) is 8.24. The fourth-order valence-electron chi connectivity index (χ4n) is 2.15. The maximum atomic E-state index is 5.94. The average Bonchev–Trinajstić information content (AvgIpc) is 2.64. The van der Waals surface area contributed by atoms with E-state index in [2.05, 4.69) is 18.0 Å². The van der Waals surface area contributed by atoms with Crippen LogP contribution in [-0.2, 0) is 0 Å². The Morgan fingerprint density at radius 1 is 1.25 bits per heavy atom. The van der Waals surface area contributed by atoms with Crippen LogP contribution in [0.3, 0.4) is 0 Å². The van der Waals surface area contributed by atoms with Crippen molar-refractivity contribution in [1.82, 2.24) is 9.32 Å². The Hall–Kier alpha value is -0.370. The summed E-state index contributed by atoms with van der Waals surface area (Å²) in [5.74, 6) is 0. The Labute approximate surface area is 78.9 Å². The summed E-state index contributed by atoms with van der Waals surface area (Å²) in [4.78, 5) is 2.38. The third-order valence-electron chi connectivity index (χ3n) is 2.92. The molecule has 2 nitrogen and oxygen atoms in total. The van der Waals surface area contributed by atoms with Crippen LogP contribution in [0.15, 0.2) is 12.4 Å². The van der Waals surface area contributed by atoms with Gasteiger partial charge in [-0.25, -0.2) is 0 Å². The van der Waals surface area contributed by atoms with Gasteiger partial charge in [-0.15, -0.1) is 0 Å². The highest BCUT2D eigenvalue weighted by Gasteiger charge is 2.28. The van der Waals surface area contributed by atoms with Crippen molar-refractivity contribution in [2.24, 2.45) is 0 Å². The lowest BCUT2D eigenvalue weighted by Crippen LogP contribution is -2.37. The molecule has 1 aliphatic heterocycles. The van der Waals surface area contributed by atoms with Crippen molar-refractivity contribution >= 4 is 11.8 Å². The summed E-state index contributed by atoms with van der Waals surface area (Å²) in [6.45, 7) is 2.14. The first-order valence-electron chi connectivity index (χ1n) is 4.69. The van der Waals surface area contributed by atoms with Crippen LogP contribution < -0.4 is 0 Å². The first-order chi connectivity index (χ1) is 5.79. The van der Waals surface area contributed by atoms with E-state index in [0.29, 0.717) is 6.17 Å². The smallest absolute Gasteiger partial charge is 0.113 e. The van der Waals surface area contributed by atoms with Crippen LogP contribution in [0.1, 0.15) is 32.6 Å². The van der Waals surface area contributed by atoms with Crippen molar-refractivity contribution in [2.75, 3.05) is 0 Å². The minimum Gasteiger partial charge on any atom is -0.352 e. The molecular formula is C9H15ClN2. The van der Waals surface area contributed by atoms with Gasteiger partial charge < -0.3 is 4.90 Å². The molecule has 1 fully saturated rings. The van der Waals surface area contributed by atoms with Crippen molar-refractivity contribution in [1.29, 1.82) is 0 Å². The quantitative estimate of drug-likeness (QED) is 0.581. The van der Waals surface area contributed by atoms with Gasteiger partial charge in [-0.1, -0.05) is 12.8 Å². The summed E-state index contributed by atoms with van der Waals surface area (Å²) >= 11 is 5.94. The predicted octanol–water partition coefficient (Wildman–Crippen LogP) is 2.52. The third kappa shape index (κ3) is 1.28. The van der Waals surface area contributed by atoms with Crippen molar-refractivity contribution < 1.29 is 0 Å². The van der Waals surface area contributed by atoms with Gasteiger partial charge in [0.15, 0.2) is 0 Å². The van der Waals surface area contributed by atoms with E-state index in [1.807, 2.05) is 6.20 Å². The van der Waals surface area contributed by atoms with Crippen molar-refractivity contribution in [2.45, 2.75) is 44.8 Å². The van der Waals surface area contributed by atoms with Crippen LogP contribution in [0.2, 0.25) is 0 Å². The number of nitrogens with zero attached hydrogens (tertiary/aromatic N) is 2. The Kier molecular flexibility index (Phi) is 2.18. The largest absolute Gasteiger partial charge is 0.352 e. The van der Waals surface area contributed by atoms with Crippen molar-refractivity contribution in [3.63, 3.8) is 0 Å². The summed E-state index contributed by atoms with van der Waals surface area (Å²) < 4.78 is 1.75. The molecule has 0 aromatic carbocycles. The summed E-state index contributed by atoms with van der Waals surface area (Å²) in [7, 11) is 0. The lowest BCUT2D eigenvalue weighted by Gasteiger charge is -2.30. The van der Waals surface area contributed by atoms with Gasteiger partial charge in [0.1, 0.15) is 6.17 Å². The van der Waals surface area contributed by atoms with Gasteiger partial charge in [-0.2, -0.15) is 0 Å². The molecule has 2 aliphatic rings. The van der Waals surface area contributed by atoms with Gasteiger partial charge in [0.25, 0.3) is 0 Å². The zero-order valence-corrected chi connectivity index (χ0v) is 8.17. The Balaban J connectivity index is 2.00. The fraction of sp³-hybridized carbons (Fsp3) is 0.778. The van der Waals surface area contributed by atoms with E-state index in [1.54, 1.807) is 4.42 Å². The Bertz CT molecular complexity index is 187. The highest BCUT2D eigenvalue weighted by Crippen LogP contribution is 2.29. The lowest BCUT2D eigenvalue weighted by atomic mass is 10.2. The van der Waals surface area contributed by atoms with Gasteiger partial charge in [-0.05, 0) is 19.8 Å². The van der Waals surface area contributed by atoms with Crippen LogP contribution in [0.5, 0.6) is 0 Å². The SMILES string of the molecule is CC1N(Cl)C=CN1C1CCCC1.